The number of fused-ring (bicyclic) bond motifs is 1. The summed E-state index contributed by atoms with van der Waals surface area (Å²) in [4.78, 5) is 18.0. The molecular weight excluding hydrogens is 392 g/mol. The summed E-state index contributed by atoms with van der Waals surface area (Å²) in [5.41, 5.74) is 2.21. The van der Waals surface area contributed by atoms with Gasteiger partial charge in [0.15, 0.2) is 23.2 Å². The molecular formula is C22H23ClN2O4. The third-order valence-corrected chi connectivity index (χ3v) is 4.42. The van der Waals surface area contributed by atoms with Gasteiger partial charge < -0.3 is 18.8 Å². The van der Waals surface area contributed by atoms with Crippen molar-refractivity contribution in [1.29, 1.82) is 0 Å². The van der Waals surface area contributed by atoms with Crippen molar-refractivity contribution in [1.82, 2.24) is 9.88 Å². The van der Waals surface area contributed by atoms with E-state index in [0.29, 0.717) is 34.6 Å². The van der Waals surface area contributed by atoms with Gasteiger partial charge in [0.25, 0.3) is 5.91 Å². The van der Waals surface area contributed by atoms with Crippen molar-refractivity contribution in [3.05, 3.63) is 53.9 Å². The number of para-hydroxylation sites is 2. The maximum absolute atomic E-state index is 12.1. The Labute approximate surface area is 174 Å². The summed E-state index contributed by atoms with van der Waals surface area (Å²) < 4.78 is 17.2. The second-order valence-electron chi connectivity index (χ2n) is 6.61. The van der Waals surface area contributed by atoms with E-state index in [4.69, 9.17) is 25.5 Å². The summed E-state index contributed by atoms with van der Waals surface area (Å²) >= 11 is 6.42. The fraction of sp³-hybridized carbons (Fsp3) is 0.273. The van der Waals surface area contributed by atoms with Crippen molar-refractivity contribution < 1.29 is 18.7 Å². The molecule has 0 fully saturated rings. The summed E-state index contributed by atoms with van der Waals surface area (Å²) in [6.45, 7) is 4.04. The quantitative estimate of drug-likeness (QED) is 0.554. The van der Waals surface area contributed by atoms with Crippen molar-refractivity contribution in [3.8, 4) is 11.5 Å². The number of hydrogen-bond acceptors (Lipinski definition) is 5. The predicted octanol–water partition coefficient (Wildman–Crippen LogP) is 4.82. The first-order valence-electron chi connectivity index (χ1n) is 9.27. The molecule has 1 aromatic heterocycles. The fourth-order valence-electron chi connectivity index (χ4n) is 2.77. The first-order chi connectivity index (χ1) is 13.9. The molecule has 1 amide bonds. The Morgan fingerprint density at radius 2 is 2.00 bits per heavy atom. The predicted molar refractivity (Wildman–Crippen MR) is 114 cm³/mol. The number of aromatic nitrogens is 1. The van der Waals surface area contributed by atoms with Gasteiger partial charge in [-0.3, -0.25) is 4.79 Å². The standard InChI is InChI=1S/C22H23ClN2O4/c1-5-27-20-13-15(10-11-19(20)28-14(2)22(26)25(3)4)12-16(23)21-24-17-8-6-7-9-18(17)29-21/h6-14H,5H2,1-4H3/b16-12-/t14-/m0/s1. The number of carbonyl (C=O) groups is 1. The van der Waals surface area contributed by atoms with Crippen molar-refractivity contribution in [3.63, 3.8) is 0 Å². The van der Waals surface area contributed by atoms with Gasteiger partial charge in [0, 0.05) is 14.1 Å². The number of likely N-dealkylation sites (N-methyl/N-ethyl adjacent to an activating group) is 1. The first kappa shape index (κ1) is 20.7. The van der Waals surface area contributed by atoms with Gasteiger partial charge in [-0.05, 0) is 49.8 Å². The van der Waals surface area contributed by atoms with Crippen molar-refractivity contribution in [2.75, 3.05) is 20.7 Å². The monoisotopic (exact) mass is 414 g/mol. The fourth-order valence-corrected chi connectivity index (χ4v) is 2.97. The van der Waals surface area contributed by atoms with Crippen LogP contribution in [0.3, 0.4) is 0 Å². The van der Waals surface area contributed by atoms with Crippen LogP contribution in [-0.4, -0.2) is 42.6 Å². The van der Waals surface area contributed by atoms with E-state index in [-0.39, 0.29) is 5.91 Å². The molecule has 0 spiro atoms. The van der Waals surface area contributed by atoms with Crippen LogP contribution in [0.25, 0.3) is 22.2 Å². The van der Waals surface area contributed by atoms with Crippen LogP contribution in [0.15, 0.2) is 46.9 Å². The van der Waals surface area contributed by atoms with E-state index >= 15 is 0 Å². The molecule has 1 heterocycles. The zero-order valence-corrected chi connectivity index (χ0v) is 17.6. The van der Waals surface area contributed by atoms with E-state index < -0.39 is 6.10 Å². The van der Waals surface area contributed by atoms with Crippen LogP contribution in [0, 0.1) is 0 Å². The highest BCUT2D eigenvalue weighted by Gasteiger charge is 2.19. The molecule has 152 valence electrons. The minimum Gasteiger partial charge on any atom is -0.490 e. The second kappa shape index (κ2) is 9.01. The van der Waals surface area contributed by atoms with Crippen molar-refractivity contribution in [2.45, 2.75) is 20.0 Å². The normalized spacial score (nSPS) is 12.7. The first-order valence-corrected chi connectivity index (χ1v) is 9.64. The number of halogens is 1. The highest BCUT2D eigenvalue weighted by atomic mass is 35.5. The Balaban J connectivity index is 1.86. The Hall–Kier alpha value is -2.99. The highest BCUT2D eigenvalue weighted by Crippen LogP contribution is 2.32. The van der Waals surface area contributed by atoms with E-state index in [0.717, 1.165) is 11.1 Å². The smallest absolute Gasteiger partial charge is 0.262 e. The number of oxazole rings is 1. The van der Waals surface area contributed by atoms with Gasteiger partial charge in [0.2, 0.25) is 5.89 Å². The molecule has 0 N–H and O–H groups in total. The second-order valence-corrected chi connectivity index (χ2v) is 7.02. The largest absolute Gasteiger partial charge is 0.490 e. The molecule has 0 saturated carbocycles. The molecule has 0 unspecified atom stereocenters. The molecule has 0 bridgehead atoms. The lowest BCUT2D eigenvalue weighted by molar-refractivity contribution is -0.135. The topological polar surface area (TPSA) is 64.8 Å². The number of ether oxygens (including phenoxy) is 2. The van der Waals surface area contributed by atoms with Crippen molar-refractivity contribution >= 4 is 39.7 Å². The van der Waals surface area contributed by atoms with Gasteiger partial charge in [-0.1, -0.05) is 29.8 Å². The van der Waals surface area contributed by atoms with Crippen LogP contribution in [-0.2, 0) is 4.79 Å². The van der Waals surface area contributed by atoms with Gasteiger partial charge >= 0.3 is 0 Å². The number of carbonyl (C=O) groups excluding carboxylic acids is 1. The summed E-state index contributed by atoms with van der Waals surface area (Å²) in [6, 6.07) is 12.9. The lowest BCUT2D eigenvalue weighted by atomic mass is 10.2. The average Bonchev–Trinajstić information content (AvgIpc) is 3.14. The van der Waals surface area contributed by atoms with Gasteiger partial charge in [-0.25, -0.2) is 4.98 Å². The molecule has 0 aliphatic rings. The van der Waals surface area contributed by atoms with E-state index in [2.05, 4.69) is 4.98 Å². The molecule has 3 aromatic rings. The average molecular weight is 415 g/mol. The number of nitrogens with zero attached hydrogens (tertiary/aromatic N) is 2. The molecule has 7 heteroatoms. The summed E-state index contributed by atoms with van der Waals surface area (Å²) in [6.07, 6.45) is 1.11. The van der Waals surface area contributed by atoms with E-state index in [1.807, 2.05) is 37.3 Å². The third kappa shape index (κ3) is 4.90. The lowest BCUT2D eigenvalue weighted by Gasteiger charge is -2.20. The van der Waals surface area contributed by atoms with Gasteiger partial charge in [-0.15, -0.1) is 0 Å². The third-order valence-electron chi connectivity index (χ3n) is 4.15. The number of hydrogen-bond donors (Lipinski definition) is 0. The van der Waals surface area contributed by atoms with Gasteiger partial charge in [0.1, 0.15) is 10.5 Å². The molecule has 0 aliphatic carbocycles. The van der Waals surface area contributed by atoms with Crippen LogP contribution >= 0.6 is 11.6 Å². The maximum atomic E-state index is 12.1. The molecule has 2 aromatic carbocycles. The summed E-state index contributed by atoms with van der Waals surface area (Å²) in [5, 5.41) is 0.369. The molecule has 6 nitrogen and oxygen atoms in total. The zero-order valence-electron chi connectivity index (χ0n) is 16.8. The van der Waals surface area contributed by atoms with Crippen LogP contribution in [0.5, 0.6) is 11.5 Å². The Bertz CT molecular complexity index is 1010. The number of rotatable bonds is 7. The minimum atomic E-state index is -0.631. The van der Waals surface area contributed by atoms with Crippen LogP contribution in [0.4, 0.5) is 0 Å². The van der Waals surface area contributed by atoms with Crippen molar-refractivity contribution in [2.24, 2.45) is 0 Å². The van der Waals surface area contributed by atoms with Gasteiger partial charge in [-0.2, -0.15) is 0 Å². The zero-order chi connectivity index (χ0) is 21.0. The molecule has 1 atom stereocenters. The van der Waals surface area contributed by atoms with E-state index in [9.17, 15) is 4.79 Å². The van der Waals surface area contributed by atoms with Crippen LogP contribution in [0.2, 0.25) is 0 Å². The lowest BCUT2D eigenvalue weighted by Crippen LogP contribution is -2.35. The number of benzene rings is 2. The SMILES string of the molecule is CCOc1cc(/C=C(\Cl)c2nc3ccccc3o2)ccc1O[C@@H](C)C(=O)N(C)C. The Morgan fingerprint density at radius 1 is 1.24 bits per heavy atom. The summed E-state index contributed by atoms with van der Waals surface area (Å²) in [7, 11) is 3.38. The van der Waals surface area contributed by atoms with Gasteiger partial charge in [0.05, 0.1) is 6.61 Å². The Morgan fingerprint density at radius 3 is 2.69 bits per heavy atom. The summed E-state index contributed by atoms with van der Waals surface area (Å²) in [5.74, 6) is 1.23. The maximum Gasteiger partial charge on any atom is 0.262 e. The molecule has 0 saturated heterocycles. The van der Waals surface area contributed by atoms with Crippen LogP contribution in [0.1, 0.15) is 25.3 Å². The molecule has 3 rings (SSSR count). The number of amides is 1. The van der Waals surface area contributed by atoms with Crippen LogP contribution < -0.4 is 9.47 Å². The minimum absolute atomic E-state index is 0.129. The Kier molecular flexibility index (Phi) is 6.44. The molecule has 0 aliphatic heterocycles. The molecule has 29 heavy (non-hydrogen) atoms. The van der Waals surface area contributed by atoms with E-state index in [1.165, 1.54) is 4.90 Å². The highest BCUT2D eigenvalue weighted by molar-refractivity contribution is 6.50. The van der Waals surface area contributed by atoms with E-state index in [1.54, 1.807) is 39.2 Å². The molecule has 0 radical (unpaired) electrons.